The van der Waals surface area contributed by atoms with Crippen molar-refractivity contribution in [3.05, 3.63) is 42.5 Å². The number of likely N-dealkylation sites (N-methyl/N-ethyl adjacent to an activating group) is 1. The second-order valence-corrected chi connectivity index (χ2v) is 8.57. The summed E-state index contributed by atoms with van der Waals surface area (Å²) >= 11 is 0. The molecule has 2 amide bonds. The molecule has 0 atom stereocenters. The first kappa shape index (κ1) is 20.9. The van der Waals surface area contributed by atoms with E-state index >= 15 is 0 Å². The Balaban J connectivity index is 1.36. The lowest BCUT2D eigenvalue weighted by Gasteiger charge is -2.36. The minimum Gasteiger partial charge on any atom is -0.342 e. The Labute approximate surface area is 179 Å². The normalized spacial score (nSPS) is 18.5. The summed E-state index contributed by atoms with van der Waals surface area (Å²) in [6.45, 7) is 6.59. The van der Waals surface area contributed by atoms with Gasteiger partial charge in [-0.1, -0.05) is 36.4 Å². The molecule has 0 unspecified atom stereocenters. The number of amides is 2. The van der Waals surface area contributed by atoms with Crippen molar-refractivity contribution in [1.29, 1.82) is 0 Å². The van der Waals surface area contributed by atoms with E-state index in [0.29, 0.717) is 19.0 Å². The first-order valence-corrected chi connectivity index (χ1v) is 11.5. The predicted molar refractivity (Wildman–Crippen MR) is 122 cm³/mol. The average molecular weight is 408 g/mol. The van der Waals surface area contributed by atoms with Gasteiger partial charge in [0.1, 0.15) is 0 Å². The lowest BCUT2D eigenvalue weighted by atomic mass is 9.94. The van der Waals surface area contributed by atoms with Crippen molar-refractivity contribution in [2.75, 3.05) is 44.2 Å². The molecule has 0 radical (unpaired) electrons. The maximum Gasteiger partial charge on any atom is 0.241 e. The van der Waals surface area contributed by atoms with Gasteiger partial charge in [-0.3, -0.25) is 14.5 Å². The van der Waals surface area contributed by atoms with E-state index < -0.39 is 0 Å². The van der Waals surface area contributed by atoms with Gasteiger partial charge < -0.3 is 9.80 Å². The van der Waals surface area contributed by atoms with Crippen LogP contribution >= 0.6 is 0 Å². The standard InChI is InChI=1S/C25H33N3O2/c1-2-28(23-12-8-10-20-9-4-5-11-22(20)23)24(29)19-26-17-13-21(14-18-26)25(30)27-15-6-3-7-16-27/h4-5,8-12,21H,2-3,6-7,13-19H2,1H3. The van der Waals surface area contributed by atoms with Gasteiger partial charge in [0.2, 0.25) is 11.8 Å². The zero-order valence-corrected chi connectivity index (χ0v) is 18.1. The number of fused-ring (bicyclic) bond motifs is 1. The van der Waals surface area contributed by atoms with Crippen molar-refractivity contribution in [1.82, 2.24) is 9.80 Å². The van der Waals surface area contributed by atoms with Gasteiger partial charge in [-0.25, -0.2) is 0 Å². The summed E-state index contributed by atoms with van der Waals surface area (Å²) in [4.78, 5) is 32.1. The van der Waals surface area contributed by atoms with Crippen LogP contribution in [0.5, 0.6) is 0 Å². The van der Waals surface area contributed by atoms with Crippen LogP contribution in [0.4, 0.5) is 5.69 Å². The maximum absolute atomic E-state index is 13.2. The van der Waals surface area contributed by atoms with Gasteiger partial charge in [0.15, 0.2) is 0 Å². The fraction of sp³-hybridized carbons (Fsp3) is 0.520. The molecule has 4 rings (SSSR count). The number of piperidine rings is 2. The summed E-state index contributed by atoms with van der Waals surface area (Å²) in [5.41, 5.74) is 0.982. The van der Waals surface area contributed by atoms with Gasteiger partial charge >= 0.3 is 0 Å². The summed E-state index contributed by atoms with van der Waals surface area (Å²) in [5, 5.41) is 2.26. The average Bonchev–Trinajstić information content (AvgIpc) is 2.80. The van der Waals surface area contributed by atoms with Gasteiger partial charge in [0.25, 0.3) is 0 Å². The Morgan fingerprint density at radius 2 is 1.63 bits per heavy atom. The molecule has 5 nitrogen and oxygen atoms in total. The molecule has 2 fully saturated rings. The van der Waals surface area contributed by atoms with Crippen LogP contribution in [0.1, 0.15) is 39.0 Å². The van der Waals surface area contributed by atoms with Crippen LogP contribution in [-0.2, 0) is 9.59 Å². The van der Waals surface area contributed by atoms with Gasteiger partial charge in [0.05, 0.1) is 12.2 Å². The van der Waals surface area contributed by atoms with Crippen LogP contribution in [-0.4, -0.2) is 60.9 Å². The molecule has 2 heterocycles. The quantitative estimate of drug-likeness (QED) is 0.755. The van der Waals surface area contributed by atoms with Crippen molar-refractivity contribution >= 4 is 28.3 Å². The highest BCUT2D eigenvalue weighted by Crippen LogP contribution is 2.27. The minimum absolute atomic E-state index is 0.134. The molecular weight excluding hydrogens is 374 g/mol. The lowest BCUT2D eigenvalue weighted by Crippen LogP contribution is -2.47. The second kappa shape index (κ2) is 9.61. The fourth-order valence-corrected chi connectivity index (χ4v) is 4.91. The van der Waals surface area contributed by atoms with Crippen LogP contribution in [0.2, 0.25) is 0 Å². The Hall–Kier alpha value is -2.40. The molecule has 30 heavy (non-hydrogen) atoms. The molecule has 2 saturated heterocycles. The number of nitrogens with zero attached hydrogens (tertiary/aromatic N) is 3. The highest BCUT2D eigenvalue weighted by Gasteiger charge is 2.30. The topological polar surface area (TPSA) is 43.9 Å². The van der Waals surface area contributed by atoms with Crippen LogP contribution in [0, 0.1) is 5.92 Å². The molecule has 0 bridgehead atoms. The van der Waals surface area contributed by atoms with Crippen molar-refractivity contribution < 1.29 is 9.59 Å². The van der Waals surface area contributed by atoms with Crippen molar-refractivity contribution in [3.8, 4) is 0 Å². The molecule has 2 aliphatic rings. The van der Waals surface area contributed by atoms with E-state index in [1.165, 1.54) is 6.42 Å². The Morgan fingerprint density at radius 3 is 2.37 bits per heavy atom. The Bertz CT molecular complexity index is 878. The summed E-state index contributed by atoms with van der Waals surface area (Å²) in [5.74, 6) is 0.607. The summed E-state index contributed by atoms with van der Waals surface area (Å²) in [6, 6.07) is 14.4. The van der Waals surface area contributed by atoms with E-state index in [-0.39, 0.29) is 11.8 Å². The molecule has 2 aliphatic heterocycles. The molecule has 0 saturated carbocycles. The molecule has 5 heteroatoms. The zero-order valence-electron chi connectivity index (χ0n) is 18.1. The number of carbonyl (C=O) groups excluding carboxylic acids is 2. The summed E-state index contributed by atoms with van der Waals surface area (Å²) < 4.78 is 0. The third-order valence-corrected chi connectivity index (χ3v) is 6.64. The number of rotatable bonds is 5. The van der Waals surface area contributed by atoms with E-state index in [0.717, 1.165) is 68.3 Å². The predicted octanol–water partition coefficient (Wildman–Crippen LogP) is 3.92. The molecule has 2 aromatic rings. The third-order valence-electron chi connectivity index (χ3n) is 6.64. The van der Waals surface area contributed by atoms with Gasteiger partial charge in [-0.2, -0.15) is 0 Å². The fourth-order valence-electron chi connectivity index (χ4n) is 4.91. The van der Waals surface area contributed by atoms with E-state index in [1.54, 1.807) is 0 Å². The van der Waals surface area contributed by atoms with Crippen molar-refractivity contribution in [2.24, 2.45) is 5.92 Å². The SMILES string of the molecule is CCN(C(=O)CN1CCC(C(=O)N2CCCCC2)CC1)c1cccc2ccccc12. The van der Waals surface area contributed by atoms with Gasteiger partial charge in [0, 0.05) is 30.9 Å². The molecule has 0 N–H and O–H groups in total. The largest absolute Gasteiger partial charge is 0.342 e. The van der Waals surface area contributed by atoms with Crippen LogP contribution in [0.15, 0.2) is 42.5 Å². The van der Waals surface area contributed by atoms with E-state index in [9.17, 15) is 9.59 Å². The number of hydrogen-bond acceptors (Lipinski definition) is 3. The second-order valence-electron chi connectivity index (χ2n) is 8.57. The molecule has 160 valence electrons. The number of benzene rings is 2. The maximum atomic E-state index is 13.2. The highest BCUT2D eigenvalue weighted by molar-refractivity contribution is 6.04. The van der Waals surface area contributed by atoms with Gasteiger partial charge in [-0.15, -0.1) is 0 Å². The van der Waals surface area contributed by atoms with Crippen molar-refractivity contribution in [2.45, 2.75) is 39.0 Å². The van der Waals surface area contributed by atoms with Gasteiger partial charge in [-0.05, 0) is 63.6 Å². The smallest absolute Gasteiger partial charge is 0.241 e. The number of likely N-dealkylation sites (tertiary alicyclic amines) is 2. The molecule has 0 aliphatic carbocycles. The summed E-state index contributed by atoms with van der Waals surface area (Å²) in [6.07, 6.45) is 5.25. The first-order chi connectivity index (χ1) is 14.7. The molecule has 0 aromatic heterocycles. The molecular formula is C25H33N3O2. The number of carbonyl (C=O) groups is 2. The van der Waals surface area contributed by atoms with Crippen LogP contribution in [0.3, 0.4) is 0 Å². The Morgan fingerprint density at radius 1 is 0.933 bits per heavy atom. The third kappa shape index (κ3) is 4.51. The van der Waals surface area contributed by atoms with E-state index in [2.05, 4.69) is 28.0 Å². The Kier molecular flexibility index (Phi) is 6.68. The minimum atomic E-state index is 0.134. The van der Waals surface area contributed by atoms with E-state index in [4.69, 9.17) is 0 Å². The molecule has 0 spiro atoms. The van der Waals surface area contributed by atoms with Crippen LogP contribution in [0.25, 0.3) is 10.8 Å². The summed E-state index contributed by atoms with van der Waals surface area (Å²) in [7, 11) is 0. The number of hydrogen-bond donors (Lipinski definition) is 0. The first-order valence-electron chi connectivity index (χ1n) is 11.5. The highest BCUT2D eigenvalue weighted by atomic mass is 16.2. The van der Waals surface area contributed by atoms with Crippen molar-refractivity contribution in [3.63, 3.8) is 0 Å². The van der Waals surface area contributed by atoms with E-state index in [1.807, 2.05) is 36.1 Å². The monoisotopic (exact) mass is 407 g/mol. The molecule has 2 aromatic carbocycles. The number of anilines is 1. The zero-order chi connectivity index (χ0) is 20.9. The van der Waals surface area contributed by atoms with Crippen LogP contribution < -0.4 is 4.90 Å². The lowest BCUT2D eigenvalue weighted by molar-refractivity contribution is -0.138.